The fourth-order valence-electron chi connectivity index (χ4n) is 2.95. The maximum absolute atomic E-state index is 12.6. The highest BCUT2D eigenvalue weighted by molar-refractivity contribution is 6.06. The molecule has 1 amide bonds. The molecule has 0 fully saturated rings. The van der Waals surface area contributed by atoms with Crippen molar-refractivity contribution in [2.45, 2.75) is 0 Å². The summed E-state index contributed by atoms with van der Waals surface area (Å²) in [5, 5.41) is 2.87. The molecule has 3 aromatic carbocycles. The van der Waals surface area contributed by atoms with Crippen molar-refractivity contribution in [2.75, 3.05) is 12.4 Å². The van der Waals surface area contributed by atoms with Crippen molar-refractivity contribution in [1.29, 1.82) is 0 Å². The Labute approximate surface area is 160 Å². The zero-order chi connectivity index (χ0) is 19.5. The molecule has 28 heavy (non-hydrogen) atoms. The molecular formula is C22H17N3O3. The smallest absolute Gasteiger partial charge is 0.275 e. The number of carbonyl (C=O) groups excluding carboxylic acids is 1. The number of anilines is 1. The fraction of sp³-hybridized carbons (Fsp3) is 0.0455. The molecule has 0 aliphatic carbocycles. The molecule has 2 N–H and O–H groups in total. The number of hydrogen-bond acceptors (Lipinski definition) is 4. The Bertz CT molecular complexity index is 1210. The lowest BCUT2D eigenvalue weighted by Gasteiger charge is -2.11. The van der Waals surface area contributed by atoms with Crippen LogP contribution in [-0.4, -0.2) is 23.0 Å². The minimum absolute atomic E-state index is 0.254. The van der Waals surface area contributed by atoms with Gasteiger partial charge < -0.3 is 15.0 Å². The van der Waals surface area contributed by atoms with Crippen LogP contribution in [-0.2, 0) is 0 Å². The number of aromatic amines is 1. The van der Waals surface area contributed by atoms with E-state index < -0.39 is 0 Å². The van der Waals surface area contributed by atoms with E-state index in [0.717, 1.165) is 0 Å². The van der Waals surface area contributed by atoms with Gasteiger partial charge in [0.05, 0.1) is 23.8 Å². The van der Waals surface area contributed by atoms with Crippen molar-refractivity contribution in [3.8, 4) is 17.0 Å². The predicted molar refractivity (Wildman–Crippen MR) is 109 cm³/mol. The van der Waals surface area contributed by atoms with E-state index in [1.165, 1.54) is 0 Å². The van der Waals surface area contributed by atoms with Gasteiger partial charge in [0.1, 0.15) is 11.4 Å². The van der Waals surface area contributed by atoms with E-state index in [2.05, 4.69) is 15.3 Å². The van der Waals surface area contributed by atoms with E-state index in [9.17, 15) is 9.59 Å². The summed E-state index contributed by atoms with van der Waals surface area (Å²) in [5.74, 6) is 0.385. The van der Waals surface area contributed by atoms with Crippen molar-refractivity contribution in [1.82, 2.24) is 9.97 Å². The number of nitrogens with one attached hydrogen (secondary N) is 2. The highest BCUT2D eigenvalue weighted by atomic mass is 16.5. The van der Waals surface area contributed by atoms with E-state index in [-0.39, 0.29) is 17.2 Å². The number of H-pyrrole nitrogens is 1. The maximum Gasteiger partial charge on any atom is 0.275 e. The van der Waals surface area contributed by atoms with Crippen LogP contribution in [0.3, 0.4) is 0 Å². The lowest BCUT2D eigenvalue weighted by molar-refractivity contribution is 0.102. The van der Waals surface area contributed by atoms with Crippen LogP contribution >= 0.6 is 0 Å². The highest BCUT2D eigenvalue weighted by Gasteiger charge is 2.14. The Balaban J connectivity index is 1.72. The zero-order valence-electron chi connectivity index (χ0n) is 15.1. The van der Waals surface area contributed by atoms with E-state index in [0.29, 0.717) is 33.6 Å². The van der Waals surface area contributed by atoms with Gasteiger partial charge in [0.15, 0.2) is 0 Å². The number of carbonyl (C=O) groups is 1. The SMILES string of the molecule is COc1ccc(C(=O)Nc2ccccc2-c2nc3ccccc3[nH]c2=O)cc1. The van der Waals surface area contributed by atoms with E-state index >= 15 is 0 Å². The van der Waals surface area contributed by atoms with Crippen molar-refractivity contribution >= 4 is 22.6 Å². The van der Waals surface area contributed by atoms with Crippen LogP contribution in [0.2, 0.25) is 0 Å². The predicted octanol–water partition coefficient (Wildman–Crippen LogP) is 3.85. The minimum Gasteiger partial charge on any atom is -0.497 e. The van der Waals surface area contributed by atoms with Gasteiger partial charge in [-0.15, -0.1) is 0 Å². The molecule has 6 nitrogen and oxygen atoms in total. The number of nitrogens with zero attached hydrogens (tertiary/aromatic N) is 1. The third-order valence-electron chi connectivity index (χ3n) is 4.38. The van der Waals surface area contributed by atoms with Gasteiger partial charge in [-0.3, -0.25) is 9.59 Å². The van der Waals surface area contributed by atoms with Crippen LogP contribution in [0.1, 0.15) is 10.4 Å². The first-order valence-electron chi connectivity index (χ1n) is 8.69. The quantitative estimate of drug-likeness (QED) is 0.571. The summed E-state index contributed by atoms with van der Waals surface area (Å²) in [6.45, 7) is 0. The van der Waals surface area contributed by atoms with Crippen LogP contribution < -0.4 is 15.6 Å². The molecule has 4 aromatic rings. The van der Waals surface area contributed by atoms with Crippen LogP contribution in [0, 0.1) is 0 Å². The van der Waals surface area contributed by atoms with Crippen LogP contribution in [0.4, 0.5) is 5.69 Å². The average molecular weight is 371 g/mol. The topological polar surface area (TPSA) is 84.1 Å². The molecular weight excluding hydrogens is 354 g/mol. The van der Waals surface area contributed by atoms with Crippen molar-refractivity contribution in [2.24, 2.45) is 0 Å². The molecule has 0 radical (unpaired) electrons. The van der Waals surface area contributed by atoms with Crippen molar-refractivity contribution < 1.29 is 9.53 Å². The largest absolute Gasteiger partial charge is 0.497 e. The molecule has 0 saturated carbocycles. The Kier molecular flexibility index (Phi) is 4.60. The number of methoxy groups -OCH3 is 1. The standard InChI is InChI=1S/C22H17N3O3/c1-28-15-12-10-14(11-13-15)21(26)24-17-7-3-2-6-16(17)20-22(27)25-19-9-5-4-8-18(19)23-20/h2-13H,1H3,(H,24,26)(H,25,27). The number of amides is 1. The second-order valence-corrected chi connectivity index (χ2v) is 6.16. The second kappa shape index (κ2) is 7.36. The molecule has 0 unspecified atom stereocenters. The third kappa shape index (κ3) is 3.35. The third-order valence-corrected chi connectivity index (χ3v) is 4.38. The molecule has 6 heteroatoms. The highest BCUT2D eigenvalue weighted by Crippen LogP contribution is 2.25. The lowest BCUT2D eigenvalue weighted by Crippen LogP contribution is -2.15. The Morgan fingerprint density at radius 1 is 0.964 bits per heavy atom. The molecule has 138 valence electrons. The molecule has 0 saturated heterocycles. The number of ether oxygens (including phenoxy) is 1. The van der Waals surface area contributed by atoms with Gasteiger partial charge in [-0.25, -0.2) is 4.98 Å². The fourth-order valence-corrected chi connectivity index (χ4v) is 2.95. The van der Waals surface area contributed by atoms with E-state index in [4.69, 9.17) is 4.74 Å². The normalized spacial score (nSPS) is 10.6. The van der Waals surface area contributed by atoms with Crippen LogP contribution in [0.15, 0.2) is 77.6 Å². The summed E-state index contributed by atoms with van der Waals surface area (Å²) in [7, 11) is 1.57. The molecule has 4 rings (SSSR count). The number of fused-ring (bicyclic) bond motifs is 1. The molecule has 0 bridgehead atoms. The Morgan fingerprint density at radius 3 is 2.46 bits per heavy atom. The van der Waals surface area contributed by atoms with Crippen molar-refractivity contribution in [3.63, 3.8) is 0 Å². The minimum atomic E-state index is -0.315. The maximum atomic E-state index is 12.6. The number of benzene rings is 3. The summed E-state index contributed by atoms with van der Waals surface area (Å²) in [6.07, 6.45) is 0. The zero-order valence-corrected chi connectivity index (χ0v) is 15.1. The van der Waals surface area contributed by atoms with Gasteiger partial charge in [0.2, 0.25) is 0 Å². The van der Waals surface area contributed by atoms with Gasteiger partial charge in [-0.05, 0) is 42.5 Å². The number of rotatable bonds is 4. The Morgan fingerprint density at radius 2 is 1.68 bits per heavy atom. The van der Waals surface area contributed by atoms with E-state index in [1.807, 2.05) is 18.2 Å². The first-order valence-corrected chi connectivity index (χ1v) is 8.69. The summed E-state index contributed by atoms with van der Waals surface area (Å²) in [5.41, 5.74) is 2.82. The summed E-state index contributed by atoms with van der Waals surface area (Å²) < 4.78 is 5.11. The number of para-hydroxylation sites is 3. The molecule has 0 aliphatic heterocycles. The first kappa shape index (κ1) is 17.5. The number of aromatic nitrogens is 2. The van der Waals surface area contributed by atoms with Crippen molar-refractivity contribution in [3.05, 3.63) is 88.7 Å². The van der Waals surface area contributed by atoms with Gasteiger partial charge in [-0.2, -0.15) is 0 Å². The summed E-state index contributed by atoms with van der Waals surface area (Å²) in [6, 6.07) is 21.2. The second-order valence-electron chi connectivity index (χ2n) is 6.16. The van der Waals surface area contributed by atoms with Gasteiger partial charge in [0, 0.05) is 11.1 Å². The summed E-state index contributed by atoms with van der Waals surface area (Å²) in [4.78, 5) is 32.5. The summed E-state index contributed by atoms with van der Waals surface area (Å²) >= 11 is 0. The number of hydrogen-bond donors (Lipinski definition) is 2. The Hall–Kier alpha value is -3.93. The van der Waals surface area contributed by atoms with Gasteiger partial charge >= 0.3 is 0 Å². The molecule has 0 spiro atoms. The molecule has 1 aromatic heterocycles. The molecule has 0 aliphatic rings. The average Bonchev–Trinajstić information content (AvgIpc) is 2.74. The molecule has 1 heterocycles. The monoisotopic (exact) mass is 371 g/mol. The lowest BCUT2D eigenvalue weighted by atomic mass is 10.1. The van der Waals surface area contributed by atoms with Gasteiger partial charge in [-0.1, -0.05) is 30.3 Å². The van der Waals surface area contributed by atoms with Crippen LogP contribution in [0.5, 0.6) is 5.75 Å². The van der Waals surface area contributed by atoms with E-state index in [1.54, 1.807) is 61.7 Å². The van der Waals surface area contributed by atoms with Crippen LogP contribution in [0.25, 0.3) is 22.3 Å². The molecule has 0 atom stereocenters. The van der Waals surface area contributed by atoms with Gasteiger partial charge in [0.25, 0.3) is 11.5 Å². The first-order chi connectivity index (χ1) is 13.7.